The number of carbonyl (C=O) groups excluding carboxylic acids is 1. The van der Waals surface area contributed by atoms with Gasteiger partial charge in [0.05, 0.1) is 18.4 Å². The minimum absolute atomic E-state index is 0.135. The van der Waals surface area contributed by atoms with Crippen molar-refractivity contribution in [2.75, 3.05) is 13.7 Å². The predicted molar refractivity (Wildman–Crippen MR) is 109 cm³/mol. The largest absolute Gasteiger partial charge is 0.496 e. The van der Waals surface area contributed by atoms with Gasteiger partial charge in [-0.2, -0.15) is 0 Å². The van der Waals surface area contributed by atoms with Gasteiger partial charge in [0.25, 0.3) is 5.91 Å². The van der Waals surface area contributed by atoms with Crippen molar-refractivity contribution in [1.82, 2.24) is 15.5 Å². The number of aromatic nitrogens is 2. The first-order chi connectivity index (χ1) is 13.6. The van der Waals surface area contributed by atoms with E-state index in [2.05, 4.69) is 15.5 Å². The van der Waals surface area contributed by atoms with Crippen LogP contribution in [0.1, 0.15) is 32.9 Å². The van der Waals surface area contributed by atoms with Gasteiger partial charge < -0.3 is 14.6 Å². The Morgan fingerprint density at radius 3 is 2.79 bits per heavy atom. The molecule has 0 fully saturated rings. The molecule has 0 saturated carbocycles. The zero-order chi connectivity index (χ0) is 19.9. The average molecular weight is 398 g/mol. The second-order valence-electron chi connectivity index (χ2n) is 6.27. The number of nitrogens with zero attached hydrogens (tertiary/aromatic N) is 2. The van der Waals surface area contributed by atoms with Crippen molar-refractivity contribution >= 4 is 17.7 Å². The molecule has 6 nitrogen and oxygen atoms in total. The summed E-state index contributed by atoms with van der Waals surface area (Å²) in [5.41, 5.74) is 3.53. The highest BCUT2D eigenvalue weighted by Crippen LogP contribution is 2.27. The van der Waals surface area contributed by atoms with Gasteiger partial charge in [-0.1, -0.05) is 23.4 Å². The zero-order valence-corrected chi connectivity index (χ0v) is 17.0. The Morgan fingerprint density at radius 2 is 2.04 bits per heavy atom. The van der Waals surface area contributed by atoms with Crippen LogP contribution in [0.5, 0.6) is 5.75 Å². The van der Waals surface area contributed by atoms with E-state index >= 15 is 0 Å². The Morgan fingerprint density at radius 1 is 1.21 bits per heavy atom. The van der Waals surface area contributed by atoms with Crippen molar-refractivity contribution in [3.05, 3.63) is 70.7 Å². The lowest BCUT2D eigenvalue weighted by molar-refractivity contribution is 0.0950. The molecule has 0 aliphatic heterocycles. The summed E-state index contributed by atoms with van der Waals surface area (Å²) >= 11 is 1.51. The van der Waals surface area contributed by atoms with Crippen molar-refractivity contribution in [3.8, 4) is 5.75 Å². The fourth-order valence-corrected chi connectivity index (χ4v) is 3.99. The SMILES string of the molecule is COc1ccccc1CCNC(=O)c1cccnc1SCc1c(C)noc1C. The summed E-state index contributed by atoms with van der Waals surface area (Å²) in [6.45, 7) is 4.32. The molecule has 1 N–H and O–H groups in total. The molecule has 0 bridgehead atoms. The molecule has 146 valence electrons. The third kappa shape index (κ3) is 4.72. The molecular formula is C21H23N3O3S. The van der Waals surface area contributed by atoms with Crippen LogP contribution in [0.15, 0.2) is 52.1 Å². The highest BCUT2D eigenvalue weighted by molar-refractivity contribution is 7.98. The first kappa shape index (κ1) is 19.9. The number of thioether (sulfide) groups is 1. The molecule has 1 amide bonds. The third-order valence-corrected chi connectivity index (χ3v) is 5.45. The molecule has 28 heavy (non-hydrogen) atoms. The summed E-state index contributed by atoms with van der Waals surface area (Å²) in [5, 5.41) is 7.64. The van der Waals surface area contributed by atoms with E-state index in [1.165, 1.54) is 11.8 Å². The molecule has 0 saturated heterocycles. The van der Waals surface area contributed by atoms with Crippen molar-refractivity contribution in [1.29, 1.82) is 0 Å². The number of pyridine rings is 1. The number of nitrogens with one attached hydrogen (secondary N) is 1. The number of methoxy groups -OCH3 is 1. The number of ether oxygens (including phenoxy) is 1. The lowest BCUT2D eigenvalue weighted by atomic mass is 10.1. The number of hydrogen-bond acceptors (Lipinski definition) is 6. The molecule has 2 heterocycles. The van der Waals surface area contributed by atoms with E-state index in [0.29, 0.717) is 29.3 Å². The monoisotopic (exact) mass is 397 g/mol. The standard InChI is InChI=1S/C21H23N3O3S/c1-14-18(15(2)27-24-14)13-28-21-17(8-6-11-23-21)20(25)22-12-10-16-7-4-5-9-19(16)26-3/h4-9,11H,10,12-13H2,1-3H3,(H,22,25). The maximum Gasteiger partial charge on any atom is 0.254 e. The Balaban J connectivity index is 1.62. The zero-order valence-electron chi connectivity index (χ0n) is 16.2. The molecular weight excluding hydrogens is 374 g/mol. The Bertz CT molecular complexity index is 936. The van der Waals surface area contributed by atoms with E-state index in [4.69, 9.17) is 9.26 Å². The number of hydrogen-bond donors (Lipinski definition) is 1. The number of aryl methyl sites for hydroxylation is 2. The molecule has 3 rings (SSSR count). The van der Waals surface area contributed by atoms with Crippen LogP contribution in [0, 0.1) is 13.8 Å². The molecule has 0 radical (unpaired) electrons. The Labute approximate surface area is 168 Å². The van der Waals surface area contributed by atoms with Gasteiger partial charge in [0.15, 0.2) is 0 Å². The van der Waals surface area contributed by atoms with Crippen LogP contribution >= 0.6 is 11.8 Å². The summed E-state index contributed by atoms with van der Waals surface area (Å²) in [6, 6.07) is 11.4. The molecule has 0 unspecified atom stereocenters. The highest BCUT2D eigenvalue weighted by Gasteiger charge is 2.15. The number of para-hydroxylation sites is 1. The quantitative estimate of drug-likeness (QED) is 0.580. The number of benzene rings is 1. The molecule has 0 aliphatic rings. The van der Waals surface area contributed by atoms with Crippen LogP contribution in [0.25, 0.3) is 0 Å². The summed E-state index contributed by atoms with van der Waals surface area (Å²) < 4.78 is 10.6. The van der Waals surface area contributed by atoms with Crippen molar-refractivity contribution in [2.24, 2.45) is 0 Å². The summed E-state index contributed by atoms with van der Waals surface area (Å²) in [7, 11) is 1.65. The topological polar surface area (TPSA) is 77.2 Å². The van der Waals surface area contributed by atoms with E-state index in [1.807, 2.05) is 38.1 Å². The van der Waals surface area contributed by atoms with Gasteiger partial charge >= 0.3 is 0 Å². The van der Waals surface area contributed by atoms with Crippen molar-refractivity contribution in [2.45, 2.75) is 31.0 Å². The average Bonchev–Trinajstić information content (AvgIpc) is 3.04. The lowest BCUT2D eigenvalue weighted by Crippen LogP contribution is -2.26. The van der Waals surface area contributed by atoms with Gasteiger partial charge in [0, 0.05) is 24.1 Å². The van der Waals surface area contributed by atoms with E-state index in [-0.39, 0.29) is 5.91 Å². The molecule has 1 aromatic carbocycles. The highest BCUT2D eigenvalue weighted by atomic mass is 32.2. The van der Waals surface area contributed by atoms with Crippen LogP contribution < -0.4 is 10.1 Å². The van der Waals surface area contributed by atoms with Crippen molar-refractivity contribution in [3.63, 3.8) is 0 Å². The van der Waals surface area contributed by atoms with Gasteiger partial charge in [-0.15, -0.1) is 11.8 Å². The third-order valence-electron chi connectivity index (χ3n) is 4.42. The van der Waals surface area contributed by atoms with E-state index in [1.54, 1.807) is 25.4 Å². The van der Waals surface area contributed by atoms with Crippen LogP contribution in [0.3, 0.4) is 0 Å². The summed E-state index contributed by atoms with van der Waals surface area (Å²) in [4.78, 5) is 17.1. The van der Waals surface area contributed by atoms with Gasteiger partial charge in [-0.3, -0.25) is 4.79 Å². The van der Waals surface area contributed by atoms with Crippen LogP contribution in [-0.4, -0.2) is 29.7 Å². The van der Waals surface area contributed by atoms with Gasteiger partial charge in [0.1, 0.15) is 16.5 Å². The first-order valence-electron chi connectivity index (χ1n) is 8.99. The summed E-state index contributed by atoms with van der Waals surface area (Å²) in [6.07, 6.45) is 2.39. The minimum atomic E-state index is -0.135. The molecule has 0 atom stereocenters. The molecule has 3 aromatic rings. The minimum Gasteiger partial charge on any atom is -0.496 e. The number of amides is 1. The maximum absolute atomic E-state index is 12.7. The van der Waals surface area contributed by atoms with Crippen LogP contribution in [-0.2, 0) is 12.2 Å². The molecule has 7 heteroatoms. The fraction of sp³-hybridized carbons (Fsp3) is 0.286. The first-order valence-corrected chi connectivity index (χ1v) is 9.98. The Hall–Kier alpha value is -2.80. The lowest BCUT2D eigenvalue weighted by Gasteiger charge is -2.11. The van der Waals surface area contributed by atoms with Crippen molar-refractivity contribution < 1.29 is 14.1 Å². The van der Waals surface area contributed by atoms with E-state index < -0.39 is 0 Å². The molecule has 2 aromatic heterocycles. The van der Waals surface area contributed by atoms with E-state index in [9.17, 15) is 4.79 Å². The van der Waals surface area contributed by atoms with Gasteiger partial charge in [-0.25, -0.2) is 4.98 Å². The Kier molecular flexibility index (Phi) is 6.71. The predicted octanol–water partition coefficient (Wildman–Crippen LogP) is 3.96. The maximum atomic E-state index is 12.7. The molecule has 0 aliphatic carbocycles. The number of carbonyl (C=O) groups is 1. The molecule has 0 spiro atoms. The van der Waals surface area contributed by atoms with E-state index in [0.717, 1.165) is 28.3 Å². The number of rotatable bonds is 8. The summed E-state index contributed by atoms with van der Waals surface area (Å²) in [5.74, 6) is 2.14. The van der Waals surface area contributed by atoms with Crippen LogP contribution in [0.2, 0.25) is 0 Å². The second-order valence-corrected chi connectivity index (χ2v) is 7.23. The normalized spacial score (nSPS) is 10.7. The fourth-order valence-electron chi connectivity index (χ4n) is 2.84. The smallest absolute Gasteiger partial charge is 0.254 e. The van der Waals surface area contributed by atoms with Gasteiger partial charge in [0.2, 0.25) is 0 Å². The second kappa shape index (κ2) is 9.41. The van der Waals surface area contributed by atoms with Gasteiger partial charge in [-0.05, 0) is 44.0 Å². The van der Waals surface area contributed by atoms with Crippen LogP contribution in [0.4, 0.5) is 0 Å².